The summed E-state index contributed by atoms with van der Waals surface area (Å²) < 4.78 is 5.16. The van der Waals surface area contributed by atoms with Crippen LogP contribution in [0.5, 0.6) is 5.75 Å². The van der Waals surface area contributed by atoms with Crippen molar-refractivity contribution in [3.63, 3.8) is 0 Å². The summed E-state index contributed by atoms with van der Waals surface area (Å²) in [5.74, 6) is 0.906. The second kappa shape index (κ2) is 6.04. The van der Waals surface area contributed by atoms with Gasteiger partial charge in [-0.2, -0.15) is 4.98 Å². The minimum absolute atomic E-state index is 0.197. The molecule has 1 amide bonds. The van der Waals surface area contributed by atoms with E-state index in [1.165, 1.54) is 7.11 Å². The van der Waals surface area contributed by atoms with Gasteiger partial charge in [-0.3, -0.25) is 20.2 Å². The van der Waals surface area contributed by atoms with Crippen molar-refractivity contribution in [3.05, 3.63) is 54.4 Å². The molecule has 0 atom stereocenters. The van der Waals surface area contributed by atoms with Crippen LogP contribution in [0.15, 0.2) is 48.8 Å². The lowest BCUT2D eigenvalue weighted by Gasteiger charge is -2.06. The van der Waals surface area contributed by atoms with Crippen LogP contribution in [0.1, 0.15) is 10.4 Å². The summed E-state index contributed by atoms with van der Waals surface area (Å²) >= 11 is 0. The smallest absolute Gasteiger partial charge is 0.261 e. The number of carbonyl (C=O) groups excluding carboxylic acids is 1. The van der Waals surface area contributed by atoms with E-state index in [1.54, 1.807) is 48.8 Å². The van der Waals surface area contributed by atoms with Gasteiger partial charge in [0.1, 0.15) is 5.75 Å². The molecular formula is C15H13N5O2. The van der Waals surface area contributed by atoms with E-state index in [0.29, 0.717) is 17.1 Å². The van der Waals surface area contributed by atoms with Crippen molar-refractivity contribution in [1.29, 1.82) is 0 Å². The van der Waals surface area contributed by atoms with Gasteiger partial charge in [0.05, 0.1) is 12.7 Å². The Morgan fingerprint density at radius 3 is 2.73 bits per heavy atom. The molecule has 0 aliphatic heterocycles. The number of aromatic amines is 1. The molecule has 0 fully saturated rings. The number of nitrogens with one attached hydrogen (secondary N) is 2. The van der Waals surface area contributed by atoms with E-state index in [4.69, 9.17) is 4.74 Å². The SMILES string of the molecule is COc1ccccc1C(=O)Nc1n[nH]c(-c2ccncc2)n1. The molecule has 2 heterocycles. The number of rotatable bonds is 4. The number of benzene rings is 1. The number of pyridine rings is 1. The Kier molecular flexibility index (Phi) is 3.78. The van der Waals surface area contributed by atoms with Gasteiger partial charge in [-0.25, -0.2) is 0 Å². The van der Waals surface area contributed by atoms with Crippen molar-refractivity contribution in [1.82, 2.24) is 20.2 Å². The number of amides is 1. The maximum Gasteiger partial charge on any atom is 0.261 e. The molecule has 0 unspecified atom stereocenters. The van der Waals surface area contributed by atoms with E-state index < -0.39 is 0 Å². The van der Waals surface area contributed by atoms with Crippen LogP contribution >= 0.6 is 0 Å². The molecule has 7 heteroatoms. The molecule has 0 aliphatic rings. The quantitative estimate of drug-likeness (QED) is 0.769. The van der Waals surface area contributed by atoms with Crippen molar-refractivity contribution >= 4 is 11.9 Å². The first-order valence-corrected chi connectivity index (χ1v) is 6.55. The highest BCUT2D eigenvalue weighted by molar-refractivity contribution is 6.05. The van der Waals surface area contributed by atoms with Gasteiger partial charge < -0.3 is 4.74 Å². The Morgan fingerprint density at radius 2 is 1.95 bits per heavy atom. The van der Waals surface area contributed by atoms with Crippen LogP contribution in [-0.2, 0) is 0 Å². The zero-order valence-electron chi connectivity index (χ0n) is 11.8. The lowest BCUT2D eigenvalue weighted by atomic mass is 10.2. The molecule has 0 saturated heterocycles. The molecule has 0 spiro atoms. The van der Waals surface area contributed by atoms with Crippen LogP contribution in [0.3, 0.4) is 0 Å². The number of hydrogen-bond acceptors (Lipinski definition) is 5. The maximum absolute atomic E-state index is 12.2. The predicted octanol–water partition coefficient (Wildman–Crippen LogP) is 2.13. The van der Waals surface area contributed by atoms with E-state index in [2.05, 4.69) is 25.5 Å². The first-order chi connectivity index (χ1) is 10.8. The molecule has 3 aromatic rings. The van der Waals surface area contributed by atoms with Gasteiger partial charge >= 0.3 is 0 Å². The van der Waals surface area contributed by atoms with Crippen molar-refractivity contribution in [3.8, 4) is 17.1 Å². The molecule has 0 aliphatic carbocycles. The van der Waals surface area contributed by atoms with Gasteiger partial charge in [0.2, 0.25) is 5.95 Å². The molecule has 1 aromatic carbocycles. The van der Waals surface area contributed by atoms with E-state index >= 15 is 0 Å². The Morgan fingerprint density at radius 1 is 1.18 bits per heavy atom. The van der Waals surface area contributed by atoms with Gasteiger partial charge in [-0.05, 0) is 24.3 Å². The number of ether oxygens (including phenoxy) is 1. The third kappa shape index (κ3) is 2.78. The predicted molar refractivity (Wildman–Crippen MR) is 80.6 cm³/mol. The average molecular weight is 295 g/mol. The average Bonchev–Trinajstić information content (AvgIpc) is 3.04. The zero-order valence-corrected chi connectivity index (χ0v) is 11.8. The highest BCUT2D eigenvalue weighted by atomic mass is 16.5. The molecule has 110 valence electrons. The number of hydrogen-bond donors (Lipinski definition) is 2. The van der Waals surface area contributed by atoms with Crippen LogP contribution in [0.25, 0.3) is 11.4 Å². The highest BCUT2D eigenvalue weighted by Crippen LogP contribution is 2.19. The fraction of sp³-hybridized carbons (Fsp3) is 0.0667. The van der Waals surface area contributed by atoms with Gasteiger partial charge in [0.15, 0.2) is 5.82 Å². The van der Waals surface area contributed by atoms with Crippen LogP contribution in [0.2, 0.25) is 0 Å². The summed E-state index contributed by atoms with van der Waals surface area (Å²) in [7, 11) is 1.51. The number of nitrogens with zero attached hydrogens (tertiary/aromatic N) is 3. The van der Waals surface area contributed by atoms with E-state index in [1.807, 2.05) is 0 Å². The third-order valence-corrected chi connectivity index (χ3v) is 3.02. The standard InChI is InChI=1S/C15H13N5O2/c1-22-12-5-3-2-4-11(12)14(21)18-15-17-13(19-20-15)10-6-8-16-9-7-10/h2-9H,1H3,(H2,17,18,19,20,21). The fourth-order valence-corrected chi connectivity index (χ4v) is 1.96. The van der Waals surface area contributed by atoms with Crippen molar-refractivity contribution < 1.29 is 9.53 Å². The Hall–Kier alpha value is -3.22. The summed E-state index contributed by atoms with van der Waals surface area (Å²) in [5.41, 5.74) is 1.25. The minimum atomic E-state index is -0.335. The lowest BCUT2D eigenvalue weighted by Crippen LogP contribution is -2.14. The molecule has 22 heavy (non-hydrogen) atoms. The normalized spacial score (nSPS) is 10.2. The minimum Gasteiger partial charge on any atom is -0.496 e. The third-order valence-electron chi connectivity index (χ3n) is 3.02. The number of carbonyl (C=O) groups is 1. The molecule has 7 nitrogen and oxygen atoms in total. The summed E-state index contributed by atoms with van der Waals surface area (Å²) in [4.78, 5) is 20.4. The number of methoxy groups -OCH3 is 1. The van der Waals surface area contributed by atoms with Crippen molar-refractivity contribution in [2.45, 2.75) is 0 Å². The summed E-state index contributed by atoms with van der Waals surface area (Å²) in [6.45, 7) is 0. The van der Waals surface area contributed by atoms with E-state index in [0.717, 1.165) is 5.56 Å². The summed E-state index contributed by atoms with van der Waals surface area (Å²) in [6.07, 6.45) is 3.32. The zero-order chi connectivity index (χ0) is 15.4. The molecule has 0 bridgehead atoms. The number of anilines is 1. The molecule has 2 N–H and O–H groups in total. The number of aromatic nitrogens is 4. The Bertz CT molecular complexity index is 785. The molecule has 0 radical (unpaired) electrons. The van der Waals surface area contributed by atoms with Crippen LogP contribution in [0.4, 0.5) is 5.95 Å². The van der Waals surface area contributed by atoms with Crippen molar-refractivity contribution in [2.75, 3.05) is 12.4 Å². The van der Waals surface area contributed by atoms with Crippen LogP contribution in [0, 0.1) is 0 Å². The monoisotopic (exact) mass is 295 g/mol. The molecular weight excluding hydrogens is 282 g/mol. The highest BCUT2D eigenvalue weighted by Gasteiger charge is 2.14. The largest absolute Gasteiger partial charge is 0.496 e. The fourth-order valence-electron chi connectivity index (χ4n) is 1.96. The molecule has 3 rings (SSSR count). The second-order valence-electron chi connectivity index (χ2n) is 4.40. The Balaban J connectivity index is 1.79. The van der Waals surface area contributed by atoms with Crippen LogP contribution in [-0.4, -0.2) is 33.2 Å². The Labute approximate surface area is 126 Å². The first-order valence-electron chi connectivity index (χ1n) is 6.55. The summed E-state index contributed by atoms with van der Waals surface area (Å²) in [5, 5.41) is 9.39. The van der Waals surface area contributed by atoms with Crippen LogP contribution < -0.4 is 10.1 Å². The number of H-pyrrole nitrogens is 1. The second-order valence-corrected chi connectivity index (χ2v) is 4.40. The van der Waals surface area contributed by atoms with Gasteiger partial charge in [0, 0.05) is 18.0 Å². The van der Waals surface area contributed by atoms with Crippen molar-refractivity contribution in [2.24, 2.45) is 0 Å². The number of para-hydroxylation sites is 1. The van der Waals surface area contributed by atoms with E-state index in [-0.39, 0.29) is 11.9 Å². The molecule has 0 saturated carbocycles. The van der Waals surface area contributed by atoms with Gasteiger partial charge in [-0.1, -0.05) is 12.1 Å². The first kappa shape index (κ1) is 13.7. The van der Waals surface area contributed by atoms with E-state index in [9.17, 15) is 4.79 Å². The lowest BCUT2D eigenvalue weighted by molar-refractivity contribution is 0.102. The molecule has 2 aromatic heterocycles. The maximum atomic E-state index is 12.2. The van der Waals surface area contributed by atoms with Gasteiger partial charge in [0.25, 0.3) is 5.91 Å². The topological polar surface area (TPSA) is 92.8 Å². The summed E-state index contributed by atoms with van der Waals surface area (Å²) in [6, 6.07) is 10.5. The van der Waals surface area contributed by atoms with Gasteiger partial charge in [-0.15, -0.1) is 5.10 Å².